The average Bonchev–Trinajstić information content (AvgIpc) is 3.16. The molecule has 11 heteroatoms. The van der Waals surface area contributed by atoms with E-state index in [-0.39, 0.29) is 23.2 Å². The number of nitro benzene ring substituents is 1. The van der Waals surface area contributed by atoms with Crippen molar-refractivity contribution in [3.8, 4) is 11.3 Å². The molecule has 4 aromatic rings. The van der Waals surface area contributed by atoms with Gasteiger partial charge in [-0.3, -0.25) is 14.9 Å². The number of rotatable bonds is 6. The van der Waals surface area contributed by atoms with E-state index in [2.05, 4.69) is 20.6 Å². The van der Waals surface area contributed by atoms with Gasteiger partial charge in [0.05, 0.1) is 16.4 Å². The summed E-state index contributed by atoms with van der Waals surface area (Å²) in [7, 11) is 0. The number of nitro groups is 1. The van der Waals surface area contributed by atoms with Crippen LogP contribution in [0.5, 0.6) is 0 Å². The number of hydrogen-bond acceptors (Lipinski definition) is 7. The van der Waals surface area contributed by atoms with Crippen LogP contribution in [0.25, 0.3) is 16.9 Å². The van der Waals surface area contributed by atoms with Crippen LogP contribution in [-0.4, -0.2) is 36.4 Å². The van der Waals surface area contributed by atoms with Gasteiger partial charge in [-0.1, -0.05) is 23.9 Å². The summed E-state index contributed by atoms with van der Waals surface area (Å²) in [6, 6.07) is 15.0. The first-order chi connectivity index (χ1) is 14.5. The number of amides is 1. The number of fused-ring (bicyclic) bond motifs is 1. The maximum atomic E-state index is 12.9. The molecule has 150 valence electrons. The van der Waals surface area contributed by atoms with E-state index in [4.69, 9.17) is 0 Å². The van der Waals surface area contributed by atoms with Crippen molar-refractivity contribution in [1.29, 1.82) is 0 Å². The van der Waals surface area contributed by atoms with Crippen LogP contribution in [0.1, 0.15) is 0 Å². The largest absolute Gasteiger partial charge is 0.325 e. The van der Waals surface area contributed by atoms with Gasteiger partial charge in [0.25, 0.3) is 5.69 Å². The molecule has 0 unspecified atom stereocenters. The van der Waals surface area contributed by atoms with Crippen molar-refractivity contribution >= 4 is 34.7 Å². The van der Waals surface area contributed by atoms with Gasteiger partial charge in [0.2, 0.25) is 11.1 Å². The van der Waals surface area contributed by atoms with Crippen LogP contribution < -0.4 is 5.32 Å². The van der Waals surface area contributed by atoms with Gasteiger partial charge < -0.3 is 5.32 Å². The average molecular weight is 424 g/mol. The molecule has 1 N–H and O–H groups in total. The summed E-state index contributed by atoms with van der Waals surface area (Å²) >= 11 is 1.13. The highest BCUT2D eigenvalue weighted by molar-refractivity contribution is 7.99. The molecule has 0 spiro atoms. The molecule has 4 rings (SSSR count). The summed E-state index contributed by atoms with van der Waals surface area (Å²) in [6.45, 7) is 0. The Balaban J connectivity index is 1.51. The molecule has 2 aromatic carbocycles. The van der Waals surface area contributed by atoms with Crippen LogP contribution >= 0.6 is 11.8 Å². The van der Waals surface area contributed by atoms with Crippen LogP contribution in [-0.2, 0) is 4.79 Å². The Kier molecular flexibility index (Phi) is 5.35. The van der Waals surface area contributed by atoms with Crippen LogP contribution in [0.15, 0.2) is 65.8 Å². The minimum atomic E-state index is -0.470. The van der Waals surface area contributed by atoms with Crippen molar-refractivity contribution in [3.63, 3.8) is 0 Å². The lowest BCUT2D eigenvalue weighted by Crippen LogP contribution is -2.14. The molecule has 0 aliphatic heterocycles. The molecule has 0 atom stereocenters. The quantitative estimate of drug-likeness (QED) is 0.286. The van der Waals surface area contributed by atoms with Gasteiger partial charge >= 0.3 is 0 Å². The van der Waals surface area contributed by atoms with Crippen molar-refractivity contribution in [2.45, 2.75) is 5.16 Å². The Bertz CT molecular complexity index is 1240. The number of carbonyl (C=O) groups excluding carboxylic acids is 1. The maximum Gasteiger partial charge on any atom is 0.270 e. The molecule has 0 aliphatic rings. The van der Waals surface area contributed by atoms with Crippen LogP contribution in [0.3, 0.4) is 0 Å². The summed E-state index contributed by atoms with van der Waals surface area (Å²) in [6.07, 6.45) is 0. The minimum Gasteiger partial charge on any atom is -0.325 e. The number of nitrogens with one attached hydrogen (secondary N) is 1. The summed E-state index contributed by atoms with van der Waals surface area (Å²) in [5.41, 5.74) is 2.00. The molecular formula is C19H13FN6O3S. The highest BCUT2D eigenvalue weighted by atomic mass is 32.2. The number of nitrogens with zero attached hydrogens (tertiary/aromatic N) is 5. The van der Waals surface area contributed by atoms with Crippen LogP contribution in [0, 0.1) is 15.9 Å². The molecule has 0 saturated heterocycles. The second kappa shape index (κ2) is 8.25. The summed E-state index contributed by atoms with van der Waals surface area (Å²) < 4.78 is 14.4. The number of halogens is 1. The number of anilines is 1. The Morgan fingerprint density at radius 1 is 1.13 bits per heavy atom. The third-order valence-electron chi connectivity index (χ3n) is 4.05. The second-order valence-corrected chi connectivity index (χ2v) is 7.06. The minimum absolute atomic E-state index is 0.0368. The Labute approximate surface area is 173 Å². The third kappa shape index (κ3) is 4.25. The van der Waals surface area contributed by atoms with Crippen molar-refractivity contribution in [1.82, 2.24) is 19.8 Å². The van der Waals surface area contributed by atoms with E-state index in [1.165, 1.54) is 40.9 Å². The molecular weight excluding hydrogens is 411 g/mol. The summed E-state index contributed by atoms with van der Waals surface area (Å²) in [4.78, 5) is 22.7. The number of benzene rings is 2. The normalized spacial score (nSPS) is 10.8. The second-order valence-electron chi connectivity index (χ2n) is 6.12. The predicted molar refractivity (Wildman–Crippen MR) is 109 cm³/mol. The molecule has 0 bridgehead atoms. The molecule has 30 heavy (non-hydrogen) atoms. The fourth-order valence-electron chi connectivity index (χ4n) is 2.65. The zero-order valence-corrected chi connectivity index (χ0v) is 16.0. The highest BCUT2D eigenvalue weighted by Gasteiger charge is 2.13. The number of carbonyl (C=O) groups is 1. The van der Waals surface area contributed by atoms with E-state index in [0.29, 0.717) is 27.7 Å². The van der Waals surface area contributed by atoms with E-state index in [1.807, 2.05) is 0 Å². The maximum absolute atomic E-state index is 12.9. The lowest BCUT2D eigenvalue weighted by molar-refractivity contribution is -0.384. The van der Waals surface area contributed by atoms with E-state index < -0.39 is 4.92 Å². The fourth-order valence-corrected chi connectivity index (χ4v) is 3.34. The first kappa shape index (κ1) is 19.5. The SMILES string of the molecule is O=C(CSc1nnc2ccc(-c3cccc([N+](=O)[O-])c3)nn12)Nc1ccc(F)cc1. The van der Waals surface area contributed by atoms with E-state index in [1.54, 1.807) is 24.3 Å². The number of non-ortho nitro benzene ring substituents is 1. The van der Waals surface area contributed by atoms with Gasteiger partial charge in [0.1, 0.15) is 5.82 Å². The molecule has 9 nitrogen and oxygen atoms in total. The van der Waals surface area contributed by atoms with Crippen molar-refractivity contribution < 1.29 is 14.1 Å². The standard InChI is InChI=1S/C19H13FN6O3S/c20-13-4-6-14(7-5-13)21-18(27)11-30-19-23-22-17-9-8-16(24-25(17)19)12-2-1-3-15(10-12)26(28)29/h1-10H,11H2,(H,21,27). The topological polar surface area (TPSA) is 115 Å². The third-order valence-corrected chi connectivity index (χ3v) is 4.97. The highest BCUT2D eigenvalue weighted by Crippen LogP contribution is 2.24. The lowest BCUT2D eigenvalue weighted by atomic mass is 10.1. The van der Waals surface area contributed by atoms with E-state index in [9.17, 15) is 19.3 Å². The molecule has 0 radical (unpaired) electrons. The van der Waals surface area contributed by atoms with Gasteiger partial charge in [-0.25, -0.2) is 4.39 Å². The number of hydrogen-bond donors (Lipinski definition) is 1. The van der Waals surface area contributed by atoms with E-state index in [0.717, 1.165) is 11.8 Å². The van der Waals surface area contributed by atoms with Crippen LogP contribution in [0.4, 0.5) is 15.8 Å². The molecule has 0 aliphatic carbocycles. The molecule has 2 aromatic heterocycles. The molecule has 1 amide bonds. The lowest BCUT2D eigenvalue weighted by Gasteiger charge is -2.05. The van der Waals surface area contributed by atoms with Gasteiger partial charge in [0, 0.05) is 23.4 Å². The van der Waals surface area contributed by atoms with Crippen molar-refractivity contribution in [2.75, 3.05) is 11.1 Å². The van der Waals surface area contributed by atoms with Crippen molar-refractivity contribution in [3.05, 3.63) is 76.6 Å². The zero-order valence-electron chi connectivity index (χ0n) is 15.2. The summed E-state index contributed by atoms with van der Waals surface area (Å²) in [5, 5.41) is 26.6. The van der Waals surface area contributed by atoms with Gasteiger partial charge in [-0.15, -0.1) is 10.2 Å². The van der Waals surface area contributed by atoms with Crippen molar-refractivity contribution in [2.24, 2.45) is 0 Å². The van der Waals surface area contributed by atoms with Gasteiger partial charge in [0.15, 0.2) is 5.65 Å². The fraction of sp³-hybridized carbons (Fsp3) is 0.0526. The Morgan fingerprint density at radius 3 is 2.70 bits per heavy atom. The zero-order chi connectivity index (χ0) is 21.1. The molecule has 0 saturated carbocycles. The van der Waals surface area contributed by atoms with Crippen LogP contribution in [0.2, 0.25) is 0 Å². The Morgan fingerprint density at radius 2 is 1.93 bits per heavy atom. The van der Waals surface area contributed by atoms with E-state index >= 15 is 0 Å². The molecule has 0 fully saturated rings. The predicted octanol–water partition coefficient (Wildman–Crippen LogP) is 3.57. The number of thioether (sulfide) groups is 1. The van der Waals surface area contributed by atoms with Gasteiger partial charge in [-0.05, 0) is 36.4 Å². The first-order valence-corrected chi connectivity index (χ1v) is 9.64. The molecule has 2 heterocycles. The van der Waals surface area contributed by atoms with Gasteiger partial charge in [-0.2, -0.15) is 9.61 Å². The Hall–Kier alpha value is -3.86. The summed E-state index contributed by atoms with van der Waals surface area (Å²) in [5.74, 6) is -0.637. The monoisotopic (exact) mass is 424 g/mol. The smallest absolute Gasteiger partial charge is 0.270 e. The first-order valence-electron chi connectivity index (χ1n) is 8.65. The number of aromatic nitrogens is 4.